The highest BCUT2D eigenvalue weighted by molar-refractivity contribution is 6.31. The first-order valence-electron chi connectivity index (χ1n) is 8.51. The maximum absolute atomic E-state index is 14.1. The van der Waals surface area contributed by atoms with Gasteiger partial charge in [0.05, 0.1) is 6.61 Å². The highest BCUT2D eigenvalue weighted by Crippen LogP contribution is 2.47. The summed E-state index contributed by atoms with van der Waals surface area (Å²) >= 11 is 6.24. The molecule has 0 spiro atoms. The summed E-state index contributed by atoms with van der Waals surface area (Å²) in [7, 11) is 1.49. The molecule has 0 radical (unpaired) electrons. The Bertz CT molecular complexity index is 750. The van der Waals surface area contributed by atoms with E-state index in [0.717, 1.165) is 18.9 Å². The van der Waals surface area contributed by atoms with Gasteiger partial charge >= 0.3 is 12.2 Å². The minimum absolute atomic E-state index is 0.0858. The molecule has 9 heteroatoms. The highest BCUT2D eigenvalue weighted by atomic mass is 35.5. The molecule has 0 saturated heterocycles. The van der Waals surface area contributed by atoms with Gasteiger partial charge in [-0.3, -0.25) is 0 Å². The van der Waals surface area contributed by atoms with Crippen LogP contribution >= 0.6 is 11.6 Å². The molecule has 1 aromatic carbocycles. The van der Waals surface area contributed by atoms with Crippen LogP contribution in [0.15, 0.2) is 24.3 Å². The van der Waals surface area contributed by atoms with Crippen molar-refractivity contribution in [3.8, 4) is 0 Å². The Morgan fingerprint density at radius 2 is 2.11 bits per heavy atom. The van der Waals surface area contributed by atoms with Gasteiger partial charge in [-0.05, 0) is 49.0 Å². The molecule has 1 aliphatic carbocycles. The van der Waals surface area contributed by atoms with Gasteiger partial charge in [0, 0.05) is 23.4 Å². The molecule has 148 valence electrons. The van der Waals surface area contributed by atoms with Gasteiger partial charge in [-0.15, -0.1) is 0 Å². The fourth-order valence-corrected chi connectivity index (χ4v) is 3.24. The van der Waals surface area contributed by atoms with Crippen LogP contribution in [0.4, 0.5) is 23.7 Å². The third-order valence-corrected chi connectivity index (χ3v) is 4.93. The third-order valence-electron chi connectivity index (χ3n) is 4.57. The zero-order valence-electron chi connectivity index (χ0n) is 14.7. The number of carbonyl (C=O) groups excluding carboxylic acids is 1. The molecular weight excluding hydrogens is 385 g/mol. The van der Waals surface area contributed by atoms with Crippen molar-refractivity contribution in [3.05, 3.63) is 40.4 Å². The van der Waals surface area contributed by atoms with Crippen molar-refractivity contribution < 1.29 is 27.4 Å². The Labute approximate surface area is 159 Å². The second-order valence-electron chi connectivity index (χ2n) is 6.64. The normalized spacial score (nSPS) is 22.5. The monoisotopic (exact) mass is 404 g/mol. The Hall–Kier alpha value is -1.77. The maximum Gasteiger partial charge on any atom is 0.419 e. The number of methoxy groups -OCH3 is 1. The first kappa shape index (κ1) is 20.0. The molecule has 1 atom stereocenters. The van der Waals surface area contributed by atoms with E-state index in [9.17, 15) is 18.0 Å². The number of carbonyl (C=O) groups is 1. The minimum Gasteiger partial charge on any atom is -0.359 e. The lowest BCUT2D eigenvalue weighted by atomic mass is 9.84. The number of amides is 2. The molecule has 3 rings (SSSR count). The van der Waals surface area contributed by atoms with Gasteiger partial charge in [0.2, 0.25) is 0 Å². The van der Waals surface area contributed by atoms with Crippen LogP contribution < -0.4 is 10.6 Å². The quantitative estimate of drug-likeness (QED) is 0.403. The number of benzene rings is 1. The average Bonchev–Trinajstić information content (AvgIpc) is 3.41. The summed E-state index contributed by atoms with van der Waals surface area (Å²) in [5.74, 6) is 0.118. The Morgan fingerprint density at radius 3 is 2.74 bits per heavy atom. The smallest absolute Gasteiger partial charge is 0.359 e. The average molecular weight is 405 g/mol. The lowest BCUT2D eigenvalue weighted by Gasteiger charge is -2.39. The summed E-state index contributed by atoms with van der Waals surface area (Å²) in [4.78, 5) is 12.0. The molecule has 2 amide bonds. The van der Waals surface area contributed by atoms with Gasteiger partial charge in [-0.25, -0.2) is 4.79 Å². The van der Waals surface area contributed by atoms with Crippen molar-refractivity contribution in [2.24, 2.45) is 5.92 Å². The van der Waals surface area contributed by atoms with Gasteiger partial charge in [-0.2, -0.15) is 13.2 Å². The number of fused-ring (bicyclic) bond motifs is 1. The summed E-state index contributed by atoms with van der Waals surface area (Å²) in [6, 6.07) is 1.82. The first-order valence-corrected chi connectivity index (χ1v) is 8.89. The predicted octanol–water partition coefficient (Wildman–Crippen LogP) is 4.36. The maximum atomic E-state index is 14.1. The molecule has 2 N–H and O–H groups in total. The van der Waals surface area contributed by atoms with E-state index >= 15 is 0 Å². The zero-order chi connectivity index (χ0) is 19.7. The number of anilines is 1. The molecule has 1 aromatic rings. The number of hydrogen-bond acceptors (Lipinski definition) is 3. The van der Waals surface area contributed by atoms with Crippen molar-refractivity contribution in [2.75, 3.05) is 25.8 Å². The summed E-state index contributed by atoms with van der Waals surface area (Å²) in [6.07, 6.45) is -0.0917. The molecule has 27 heavy (non-hydrogen) atoms. The molecule has 1 saturated carbocycles. The van der Waals surface area contributed by atoms with Crippen LogP contribution in [0.5, 0.6) is 0 Å². The molecule has 5 nitrogen and oxygen atoms in total. The number of hydrogen-bond donors (Lipinski definition) is 2. The minimum atomic E-state index is -4.72. The topological polar surface area (TPSA) is 59.6 Å². The summed E-state index contributed by atoms with van der Waals surface area (Å²) < 4.78 is 52.2. The van der Waals surface area contributed by atoms with E-state index in [2.05, 4.69) is 10.6 Å². The molecule has 0 bridgehead atoms. The molecule has 0 aromatic heterocycles. The largest absolute Gasteiger partial charge is 0.419 e. The number of allylic oxidation sites excluding steroid dienone is 1. The van der Waals surface area contributed by atoms with E-state index in [4.69, 9.17) is 21.1 Å². The van der Waals surface area contributed by atoms with Crippen LogP contribution in [-0.4, -0.2) is 32.7 Å². The SMILES string of the molecule is COCOCCc1cc2c(cc1Cl)[C@@](C=CC1CC1)(C(F)(F)F)NC(=O)N2. The van der Waals surface area contributed by atoms with Crippen molar-refractivity contribution >= 4 is 23.3 Å². The second-order valence-corrected chi connectivity index (χ2v) is 7.04. The number of rotatable bonds is 7. The van der Waals surface area contributed by atoms with Gasteiger partial charge < -0.3 is 20.1 Å². The Balaban J connectivity index is 1.99. The van der Waals surface area contributed by atoms with E-state index in [-0.39, 0.29) is 35.6 Å². The first-order chi connectivity index (χ1) is 12.8. The van der Waals surface area contributed by atoms with Gasteiger partial charge in [0.1, 0.15) is 6.79 Å². The van der Waals surface area contributed by atoms with E-state index < -0.39 is 17.7 Å². The highest BCUT2D eigenvalue weighted by Gasteiger charge is 2.58. The van der Waals surface area contributed by atoms with Crippen LogP contribution in [0.1, 0.15) is 24.0 Å². The summed E-state index contributed by atoms with van der Waals surface area (Å²) in [6.45, 7) is 0.386. The van der Waals surface area contributed by atoms with E-state index in [0.29, 0.717) is 12.0 Å². The Kier molecular flexibility index (Phi) is 5.69. The third kappa shape index (κ3) is 4.23. The standard InChI is InChI=1S/C18H20ClF3N2O3/c1-26-10-27-7-5-12-8-15-13(9-14(12)19)17(18(20,21)22,24-16(25)23-15)6-4-11-2-3-11/h4,6,8-9,11H,2-3,5,7,10H2,1H3,(H2,23,24,25)/t17-/m0/s1. The number of halogens is 4. The number of urea groups is 1. The lowest BCUT2D eigenvalue weighted by Crippen LogP contribution is -2.59. The lowest BCUT2D eigenvalue weighted by molar-refractivity contribution is -0.181. The van der Waals surface area contributed by atoms with E-state index in [1.165, 1.54) is 25.3 Å². The van der Waals surface area contributed by atoms with Crippen LogP contribution in [0.25, 0.3) is 0 Å². The molecule has 2 aliphatic rings. The summed E-state index contributed by atoms with van der Waals surface area (Å²) in [5, 5.41) is 4.69. The van der Waals surface area contributed by atoms with Crippen molar-refractivity contribution in [1.82, 2.24) is 5.32 Å². The Morgan fingerprint density at radius 1 is 1.37 bits per heavy atom. The molecule has 1 fully saturated rings. The molecule has 1 heterocycles. The fourth-order valence-electron chi connectivity index (χ4n) is 2.98. The number of ether oxygens (including phenoxy) is 2. The van der Waals surface area contributed by atoms with Gasteiger partial charge in [0.25, 0.3) is 0 Å². The summed E-state index contributed by atoms with van der Waals surface area (Å²) in [5.41, 5.74) is -2.07. The van der Waals surface area contributed by atoms with E-state index in [1.54, 1.807) is 0 Å². The van der Waals surface area contributed by atoms with Crippen LogP contribution in [0.2, 0.25) is 5.02 Å². The van der Waals surface area contributed by atoms with Gasteiger partial charge in [-0.1, -0.05) is 17.7 Å². The molecular formula is C18H20ClF3N2O3. The molecule has 1 aliphatic heterocycles. The zero-order valence-corrected chi connectivity index (χ0v) is 15.4. The predicted molar refractivity (Wildman–Crippen MR) is 94.7 cm³/mol. The van der Waals surface area contributed by atoms with Crippen molar-refractivity contribution in [2.45, 2.75) is 31.0 Å². The van der Waals surface area contributed by atoms with Crippen molar-refractivity contribution in [3.63, 3.8) is 0 Å². The van der Waals surface area contributed by atoms with Crippen LogP contribution in [0, 0.1) is 5.92 Å². The van der Waals surface area contributed by atoms with Gasteiger partial charge in [0.15, 0.2) is 5.54 Å². The second kappa shape index (κ2) is 7.69. The number of alkyl halides is 3. The molecule has 0 unspecified atom stereocenters. The van der Waals surface area contributed by atoms with Crippen molar-refractivity contribution in [1.29, 1.82) is 0 Å². The van der Waals surface area contributed by atoms with Crippen LogP contribution in [0.3, 0.4) is 0 Å². The van der Waals surface area contributed by atoms with E-state index in [1.807, 2.05) is 0 Å². The number of nitrogens with one attached hydrogen (secondary N) is 2. The fraction of sp³-hybridized carbons (Fsp3) is 0.500. The van der Waals surface area contributed by atoms with Crippen LogP contribution in [-0.2, 0) is 21.4 Å².